The minimum absolute atomic E-state index is 0. The van der Waals surface area contributed by atoms with E-state index >= 15 is 0 Å². The van der Waals surface area contributed by atoms with Crippen molar-refractivity contribution in [3.8, 4) is 0 Å². The highest BCUT2D eigenvalue weighted by Gasteiger charge is 2.20. The molecule has 1 fully saturated rings. The summed E-state index contributed by atoms with van der Waals surface area (Å²) < 4.78 is 5.56. The van der Waals surface area contributed by atoms with Gasteiger partial charge in [0.1, 0.15) is 0 Å². The molecule has 0 aromatic heterocycles. The number of carbonyl (C=O) groups excluding carboxylic acids is 1. The number of nitrogens with zero attached hydrogens (tertiary/aromatic N) is 1. The third-order valence-electron chi connectivity index (χ3n) is 3.21. The van der Waals surface area contributed by atoms with E-state index in [4.69, 9.17) is 4.74 Å². The lowest BCUT2D eigenvalue weighted by Gasteiger charge is -2.18. The van der Waals surface area contributed by atoms with Crippen LogP contribution in [0.3, 0.4) is 0 Å². The summed E-state index contributed by atoms with van der Waals surface area (Å²) in [4.78, 5) is 16.3. The Morgan fingerprint density at radius 1 is 1.23 bits per heavy atom. The average Bonchev–Trinajstić information content (AvgIpc) is 2.92. The van der Waals surface area contributed by atoms with Crippen LogP contribution in [0.15, 0.2) is 4.99 Å². The molecule has 1 aliphatic rings. The second-order valence-electron chi connectivity index (χ2n) is 6.29. The van der Waals surface area contributed by atoms with Crippen LogP contribution in [0.1, 0.15) is 40.5 Å². The fourth-order valence-corrected chi connectivity index (χ4v) is 1.95. The number of nitrogens with one attached hydrogen (secondary N) is 3. The summed E-state index contributed by atoms with van der Waals surface area (Å²) in [5, 5.41) is 9.32. The third kappa shape index (κ3) is 8.77. The minimum Gasteiger partial charge on any atom is -0.376 e. The van der Waals surface area contributed by atoms with Crippen LogP contribution < -0.4 is 16.0 Å². The van der Waals surface area contributed by atoms with E-state index in [0.29, 0.717) is 19.6 Å². The molecule has 0 aliphatic carbocycles. The Labute approximate surface area is 151 Å². The second-order valence-corrected chi connectivity index (χ2v) is 6.29. The summed E-state index contributed by atoms with van der Waals surface area (Å²) in [6.45, 7) is 11.3. The van der Waals surface area contributed by atoms with E-state index in [0.717, 1.165) is 32.0 Å². The number of hydrogen-bond donors (Lipinski definition) is 3. The number of ether oxygens (including phenoxy) is 1. The zero-order chi connectivity index (χ0) is 15.7. The van der Waals surface area contributed by atoms with Crippen molar-refractivity contribution in [2.45, 2.75) is 46.6 Å². The molecular weight excluding hydrogens is 395 g/mol. The van der Waals surface area contributed by atoms with Gasteiger partial charge in [-0.15, -0.1) is 24.0 Å². The smallest absolute Gasteiger partial charge is 0.225 e. The predicted octanol–water partition coefficient (Wildman–Crippen LogP) is 1.50. The van der Waals surface area contributed by atoms with Gasteiger partial charge in [0.05, 0.1) is 12.6 Å². The van der Waals surface area contributed by atoms with E-state index in [2.05, 4.69) is 20.9 Å². The highest BCUT2D eigenvalue weighted by Crippen LogP contribution is 2.12. The van der Waals surface area contributed by atoms with E-state index in [1.165, 1.54) is 0 Å². The Morgan fingerprint density at radius 3 is 2.45 bits per heavy atom. The van der Waals surface area contributed by atoms with Gasteiger partial charge in [0, 0.05) is 31.7 Å². The van der Waals surface area contributed by atoms with Crippen molar-refractivity contribution >= 4 is 35.8 Å². The average molecular weight is 426 g/mol. The summed E-state index contributed by atoms with van der Waals surface area (Å²) in [5.74, 6) is 0.837. The van der Waals surface area contributed by atoms with Gasteiger partial charge in [0.15, 0.2) is 5.96 Å². The molecular formula is C15H31IN4O2. The molecule has 0 aromatic carbocycles. The number of amides is 1. The molecule has 1 aliphatic heterocycles. The molecule has 1 saturated heterocycles. The van der Waals surface area contributed by atoms with E-state index in [1.54, 1.807) is 0 Å². The Morgan fingerprint density at radius 2 is 1.91 bits per heavy atom. The van der Waals surface area contributed by atoms with Crippen LogP contribution in [0.4, 0.5) is 0 Å². The lowest BCUT2D eigenvalue weighted by molar-refractivity contribution is -0.128. The van der Waals surface area contributed by atoms with E-state index in [1.807, 2.05) is 27.7 Å². The molecule has 1 unspecified atom stereocenters. The first kappa shape index (κ1) is 21.4. The van der Waals surface area contributed by atoms with Gasteiger partial charge in [0.2, 0.25) is 5.91 Å². The van der Waals surface area contributed by atoms with Crippen LogP contribution in [0.5, 0.6) is 0 Å². The van der Waals surface area contributed by atoms with Gasteiger partial charge in [-0.05, 0) is 19.8 Å². The number of aliphatic imine (C=N–C) groups is 1. The molecule has 1 rings (SSSR count). The standard InChI is InChI=1S/C15H30N4O2.HI/c1-5-16-14(19-11-12-7-6-10-21-12)18-9-8-17-13(20)15(2,3)4;/h12H,5-11H2,1-4H3,(H,17,20)(H2,16,18,19);1H. The molecule has 6 nitrogen and oxygen atoms in total. The highest BCUT2D eigenvalue weighted by molar-refractivity contribution is 14.0. The lowest BCUT2D eigenvalue weighted by atomic mass is 9.96. The van der Waals surface area contributed by atoms with Crippen molar-refractivity contribution in [2.75, 3.05) is 32.8 Å². The highest BCUT2D eigenvalue weighted by atomic mass is 127. The van der Waals surface area contributed by atoms with Gasteiger partial charge in [-0.3, -0.25) is 9.79 Å². The largest absolute Gasteiger partial charge is 0.376 e. The van der Waals surface area contributed by atoms with Crippen LogP contribution >= 0.6 is 24.0 Å². The normalized spacial score (nSPS) is 18.5. The zero-order valence-electron chi connectivity index (χ0n) is 14.2. The fraction of sp³-hybridized carbons (Fsp3) is 0.867. The molecule has 130 valence electrons. The van der Waals surface area contributed by atoms with Crippen molar-refractivity contribution in [3.05, 3.63) is 0 Å². The van der Waals surface area contributed by atoms with Gasteiger partial charge in [-0.25, -0.2) is 0 Å². The summed E-state index contributed by atoms with van der Waals surface area (Å²) in [6.07, 6.45) is 2.47. The van der Waals surface area contributed by atoms with E-state index < -0.39 is 0 Å². The Hall–Kier alpha value is -0.570. The maximum Gasteiger partial charge on any atom is 0.225 e. The van der Waals surface area contributed by atoms with Crippen molar-refractivity contribution in [2.24, 2.45) is 10.4 Å². The van der Waals surface area contributed by atoms with Crippen molar-refractivity contribution in [1.82, 2.24) is 16.0 Å². The molecule has 0 spiro atoms. The van der Waals surface area contributed by atoms with Crippen molar-refractivity contribution in [3.63, 3.8) is 0 Å². The fourth-order valence-electron chi connectivity index (χ4n) is 1.95. The molecule has 3 N–H and O–H groups in total. The Kier molecular flexibility index (Phi) is 10.8. The lowest BCUT2D eigenvalue weighted by Crippen LogP contribution is -2.43. The van der Waals surface area contributed by atoms with Crippen molar-refractivity contribution < 1.29 is 9.53 Å². The predicted molar refractivity (Wildman–Crippen MR) is 101 cm³/mol. The summed E-state index contributed by atoms with van der Waals surface area (Å²) >= 11 is 0. The van der Waals surface area contributed by atoms with Crippen LogP contribution in [0, 0.1) is 5.41 Å². The maximum atomic E-state index is 11.7. The molecule has 1 amide bonds. The van der Waals surface area contributed by atoms with Gasteiger partial charge in [-0.2, -0.15) is 0 Å². The van der Waals surface area contributed by atoms with Crippen molar-refractivity contribution in [1.29, 1.82) is 0 Å². The van der Waals surface area contributed by atoms with E-state index in [-0.39, 0.29) is 41.4 Å². The number of halogens is 1. The second kappa shape index (κ2) is 11.0. The minimum atomic E-state index is -0.349. The molecule has 0 bridgehead atoms. The molecule has 0 aromatic rings. The molecule has 1 heterocycles. The molecule has 1 atom stereocenters. The first-order valence-corrected chi connectivity index (χ1v) is 7.85. The summed E-state index contributed by atoms with van der Waals surface area (Å²) in [5.41, 5.74) is -0.349. The quantitative estimate of drug-likeness (QED) is 0.261. The van der Waals surface area contributed by atoms with Gasteiger partial charge in [0.25, 0.3) is 0 Å². The number of rotatable bonds is 6. The number of hydrogen-bond acceptors (Lipinski definition) is 3. The summed E-state index contributed by atoms with van der Waals surface area (Å²) in [6, 6.07) is 0. The molecule has 0 radical (unpaired) electrons. The van der Waals surface area contributed by atoms with Gasteiger partial charge >= 0.3 is 0 Å². The van der Waals surface area contributed by atoms with Gasteiger partial charge in [-0.1, -0.05) is 20.8 Å². The Balaban J connectivity index is 0.00000441. The Bertz CT molecular complexity index is 350. The zero-order valence-corrected chi connectivity index (χ0v) is 16.5. The summed E-state index contributed by atoms with van der Waals surface area (Å²) in [7, 11) is 0. The van der Waals surface area contributed by atoms with Crippen LogP contribution in [-0.4, -0.2) is 50.8 Å². The molecule has 7 heteroatoms. The first-order valence-electron chi connectivity index (χ1n) is 7.85. The molecule has 22 heavy (non-hydrogen) atoms. The number of guanidine groups is 1. The van der Waals surface area contributed by atoms with Crippen LogP contribution in [-0.2, 0) is 9.53 Å². The first-order chi connectivity index (χ1) is 9.93. The maximum absolute atomic E-state index is 11.7. The third-order valence-corrected chi connectivity index (χ3v) is 3.21. The monoisotopic (exact) mass is 426 g/mol. The SMILES string of the molecule is CCNC(=NCC1CCCO1)NCCNC(=O)C(C)(C)C.I. The molecule has 0 saturated carbocycles. The van der Waals surface area contributed by atoms with Crippen LogP contribution in [0.25, 0.3) is 0 Å². The van der Waals surface area contributed by atoms with E-state index in [9.17, 15) is 4.79 Å². The number of carbonyl (C=O) groups is 1. The topological polar surface area (TPSA) is 74.8 Å². The van der Waals surface area contributed by atoms with Crippen LogP contribution in [0.2, 0.25) is 0 Å². The van der Waals surface area contributed by atoms with Gasteiger partial charge < -0.3 is 20.7 Å².